The molecule has 0 N–H and O–H groups in total. The predicted octanol–water partition coefficient (Wildman–Crippen LogP) is 3.89. The monoisotopic (exact) mass is 365 g/mol. The number of aromatic nitrogens is 1. The lowest BCUT2D eigenvalue weighted by molar-refractivity contribution is 0.0566. The molecule has 0 aliphatic carbocycles. The molecule has 0 unspecified atom stereocenters. The summed E-state index contributed by atoms with van der Waals surface area (Å²) in [4.78, 5) is 9.52. The van der Waals surface area contributed by atoms with Crippen LogP contribution in [0.2, 0.25) is 0 Å². The molecule has 1 saturated heterocycles. The second kappa shape index (κ2) is 7.99. The Morgan fingerprint density at radius 2 is 2.07 bits per heavy atom. The molecule has 4 heteroatoms. The third-order valence-corrected chi connectivity index (χ3v) is 6.31. The number of hydrogen-bond donors (Lipinski definition) is 0. The molecule has 2 aliphatic heterocycles. The fourth-order valence-corrected chi connectivity index (χ4v) is 4.42. The van der Waals surface area contributed by atoms with Gasteiger partial charge in [0.15, 0.2) is 0 Å². The van der Waals surface area contributed by atoms with E-state index >= 15 is 0 Å². The number of rotatable bonds is 5. The second-order valence-electron chi connectivity index (χ2n) is 8.17. The van der Waals surface area contributed by atoms with Crippen LogP contribution in [0.3, 0.4) is 0 Å². The second-order valence-corrected chi connectivity index (χ2v) is 8.17. The van der Waals surface area contributed by atoms with E-state index in [-0.39, 0.29) is 0 Å². The van der Waals surface area contributed by atoms with Gasteiger partial charge in [-0.15, -0.1) is 0 Å². The highest BCUT2D eigenvalue weighted by Gasteiger charge is 2.28. The molecular formula is C23H31N3O. The number of benzene rings is 1. The molecule has 0 saturated carbocycles. The summed E-state index contributed by atoms with van der Waals surface area (Å²) < 4.78 is 5.77. The largest absolute Gasteiger partial charge is 0.493 e. The molecular weight excluding hydrogens is 334 g/mol. The van der Waals surface area contributed by atoms with E-state index in [0.717, 1.165) is 45.0 Å². The quantitative estimate of drug-likeness (QED) is 0.804. The van der Waals surface area contributed by atoms with Crippen LogP contribution < -0.4 is 4.74 Å². The lowest BCUT2D eigenvalue weighted by Crippen LogP contribution is -2.53. The van der Waals surface area contributed by atoms with Crippen LogP contribution in [-0.2, 0) is 6.42 Å². The summed E-state index contributed by atoms with van der Waals surface area (Å²) in [7, 11) is 0. The molecule has 27 heavy (non-hydrogen) atoms. The van der Waals surface area contributed by atoms with Crippen LogP contribution in [0, 0.1) is 0 Å². The van der Waals surface area contributed by atoms with Gasteiger partial charge in [-0.1, -0.05) is 25.1 Å². The normalized spacial score (nSPS) is 22.9. The van der Waals surface area contributed by atoms with Crippen molar-refractivity contribution in [2.24, 2.45) is 0 Å². The summed E-state index contributed by atoms with van der Waals surface area (Å²) in [5, 5.41) is 0. The Labute approximate surface area is 163 Å². The van der Waals surface area contributed by atoms with Gasteiger partial charge < -0.3 is 4.74 Å². The molecule has 144 valence electrons. The zero-order valence-electron chi connectivity index (χ0n) is 16.8. The van der Waals surface area contributed by atoms with Crippen molar-refractivity contribution in [2.75, 3.05) is 32.8 Å². The van der Waals surface area contributed by atoms with Crippen molar-refractivity contribution in [3.8, 4) is 5.75 Å². The van der Waals surface area contributed by atoms with Crippen molar-refractivity contribution < 1.29 is 4.74 Å². The van der Waals surface area contributed by atoms with Gasteiger partial charge in [0, 0.05) is 57.1 Å². The minimum Gasteiger partial charge on any atom is -0.493 e. The number of piperazine rings is 1. The van der Waals surface area contributed by atoms with Gasteiger partial charge in [-0.25, -0.2) is 0 Å². The van der Waals surface area contributed by atoms with E-state index < -0.39 is 0 Å². The molecule has 2 aromatic rings. The maximum Gasteiger partial charge on any atom is 0.122 e. The standard InChI is InChI=1S/C23H31N3O/c1-17(22-5-4-9-24-14-22)15-25-10-11-26(16-18(25)2)19(3)21-7-6-20-8-12-27-23(20)13-21/h4-7,9,13-14,17-19H,8,10-12,15-16H2,1-3H3/t17-,18-,19-/m0/s1. The minimum atomic E-state index is 0.430. The van der Waals surface area contributed by atoms with Crippen molar-refractivity contribution in [1.29, 1.82) is 0 Å². The average molecular weight is 366 g/mol. The lowest BCUT2D eigenvalue weighted by Gasteiger charge is -2.43. The van der Waals surface area contributed by atoms with E-state index in [1.54, 1.807) is 0 Å². The van der Waals surface area contributed by atoms with Crippen molar-refractivity contribution >= 4 is 0 Å². The number of fused-ring (bicyclic) bond motifs is 1. The maximum absolute atomic E-state index is 5.77. The van der Waals surface area contributed by atoms with Gasteiger partial charge in [0.1, 0.15) is 5.75 Å². The van der Waals surface area contributed by atoms with Crippen LogP contribution in [0.5, 0.6) is 5.75 Å². The Bertz CT molecular complexity index is 763. The first-order valence-corrected chi connectivity index (χ1v) is 10.3. The molecule has 1 fully saturated rings. The predicted molar refractivity (Wildman–Crippen MR) is 109 cm³/mol. The highest BCUT2D eigenvalue weighted by Crippen LogP contribution is 2.31. The first-order valence-electron chi connectivity index (χ1n) is 10.3. The molecule has 3 atom stereocenters. The van der Waals surface area contributed by atoms with Gasteiger partial charge in [0.25, 0.3) is 0 Å². The molecule has 1 aromatic carbocycles. The molecule has 4 nitrogen and oxygen atoms in total. The highest BCUT2D eigenvalue weighted by molar-refractivity contribution is 5.41. The zero-order chi connectivity index (χ0) is 18.8. The van der Waals surface area contributed by atoms with E-state index in [4.69, 9.17) is 4.74 Å². The lowest BCUT2D eigenvalue weighted by atomic mass is 9.99. The molecule has 0 amide bonds. The number of hydrogen-bond acceptors (Lipinski definition) is 4. The molecule has 0 bridgehead atoms. The van der Waals surface area contributed by atoms with E-state index in [2.05, 4.69) is 59.8 Å². The molecule has 4 rings (SSSR count). The zero-order valence-corrected chi connectivity index (χ0v) is 16.8. The fourth-order valence-electron chi connectivity index (χ4n) is 4.42. The van der Waals surface area contributed by atoms with Crippen LogP contribution >= 0.6 is 0 Å². The van der Waals surface area contributed by atoms with Crippen molar-refractivity contribution in [3.63, 3.8) is 0 Å². The maximum atomic E-state index is 5.77. The first kappa shape index (κ1) is 18.5. The molecule has 2 aliphatic rings. The van der Waals surface area contributed by atoms with Gasteiger partial charge in [0.2, 0.25) is 0 Å². The topological polar surface area (TPSA) is 28.6 Å². The Kier molecular flexibility index (Phi) is 5.46. The summed E-state index contributed by atoms with van der Waals surface area (Å²) in [6, 6.07) is 12.0. The van der Waals surface area contributed by atoms with E-state index in [1.807, 2.05) is 18.5 Å². The third kappa shape index (κ3) is 4.02. The van der Waals surface area contributed by atoms with Gasteiger partial charge in [-0.2, -0.15) is 0 Å². The Hall–Kier alpha value is -1.91. The molecule has 0 spiro atoms. The summed E-state index contributed by atoms with van der Waals surface area (Å²) in [6.07, 6.45) is 4.90. The van der Waals surface area contributed by atoms with Crippen LogP contribution in [0.4, 0.5) is 0 Å². The molecule has 1 aromatic heterocycles. The van der Waals surface area contributed by atoms with Crippen LogP contribution in [-0.4, -0.2) is 53.6 Å². The van der Waals surface area contributed by atoms with E-state index in [0.29, 0.717) is 18.0 Å². The van der Waals surface area contributed by atoms with Gasteiger partial charge in [-0.05, 0) is 48.6 Å². The highest BCUT2D eigenvalue weighted by atomic mass is 16.5. The third-order valence-electron chi connectivity index (χ3n) is 6.31. The van der Waals surface area contributed by atoms with Gasteiger partial charge >= 0.3 is 0 Å². The summed E-state index contributed by atoms with van der Waals surface area (Å²) in [6.45, 7) is 12.3. The van der Waals surface area contributed by atoms with Crippen molar-refractivity contribution in [1.82, 2.24) is 14.8 Å². The van der Waals surface area contributed by atoms with Crippen LogP contribution in [0.25, 0.3) is 0 Å². The number of ether oxygens (including phenoxy) is 1. The molecule has 0 radical (unpaired) electrons. The summed E-state index contributed by atoms with van der Waals surface area (Å²) in [5.41, 5.74) is 4.06. The smallest absolute Gasteiger partial charge is 0.122 e. The van der Waals surface area contributed by atoms with Gasteiger partial charge in [-0.3, -0.25) is 14.8 Å². The van der Waals surface area contributed by atoms with Crippen molar-refractivity contribution in [2.45, 2.75) is 45.2 Å². The Morgan fingerprint density at radius 1 is 1.19 bits per heavy atom. The summed E-state index contributed by atoms with van der Waals surface area (Å²) >= 11 is 0. The first-order chi connectivity index (χ1) is 13.1. The number of pyridine rings is 1. The SMILES string of the molecule is C[C@@H](CN1CCN([C@@H](C)c2ccc3c(c2)OCC3)C[C@@H]1C)c1cccnc1. The molecule has 3 heterocycles. The minimum absolute atomic E-state index is 0.430. The Balaban J connectivity index is 1.37. The van der Waals surface area contributed by atoms with Crippen molar-refractivity contribution in [3.05, 3.63) is 59.4 Å². The number of nitrogens with zero attached hydrogens (tertiary/aromatic N) is 3. The average Bonchev–Trinajstić information content (AvgIpc) is 3.17. The van der Waals surface area contributed by atoms with E-state index in [1.165, 1.54) is 16.7 Å². The summed E-state index contributed by atoms with van der Waals surface area (Å²) in [5.74, 6) is 1.61. The fraction of sp³-hybridized carbons (Fsp3) is 0.522. The van der Waals surface area contributed by atoms with Crippen LogP contribution in [0.15, 0.2) is 42.7 Å². The van der Waals surface area contributed by atoms with E-state index in [9.17, 15) is 0 Å². The van der Waals surface area contributed by atoms with Crippen LogP contribution in [0.1, 0.15) is 49.4 Å². The van der Waals surface area contributed by atoms with Gasteiger partial charge in [0.05, 0.1) is 6.61 Å². The Morgan fingerprint density at radius 3 is 2.85 bits per heavy atom.